The van der Waals surface area contributed by atoms with Gasteiger partial charge in [-0.25, -0.2) is 19.9 Å². The zero-order valence-corrected chi connectivity index (χ0v) is 23.3. The first-order valence-electron chi connectivity index (χ1n) is 13.7. The number of piperidine rings is 1. The van der Waals surface area contributed by atoms with Crippen LogP contribution in [-0.4, -0.2) is 81.2 Å². The third-order valence-electron chi connectivity index (χ3n) is 7.33. The van der Waals surface area contributed by atoms with E-state index >= 15 is 0 Å². The first-order chi connectivity index (χ1) is 20.2. The molecule has 1 aliphatic rings. The van der Waals surface area contributed by atoms with Crippen molar-refractivity contribution in [2.45, 2.75) is 37.9 Å². The van der Waals surface area contributed by atoms with Gasteiger partial charge in [0.2, 0.25) is 5.95 Å². The Morgan fingerprint density at radius 1 is 1.07 bits per heavy atom. The topological polar surface area (TPSA) is 121 Å². The molecule has 4 aromatic rings. The molecule has 3 N–H and O–H groups in total. The van der Waals surface area contributed by atoms with Gasteiger partial charge in [0.1, 0.15) is 12.1 Å². The van der Waals surface area contributed by atoms with Crippen LogP contribution in [0.4, 0.5) is 24.9 Å². The van der Waals surface area contributed by atoms with Crippen molar-refractivity contribution < 1.29 is 18.0 Å². The molecule has 0 unspecified atom stereocenters. The highest BCUT2D eigenvalue weighted by atomic mass is 19.4. The van der Waals surface area contributed by atoms with Crippen LogP contribution in [0.15, 0.2) is 55.2 Å². The van der Waals surface area contributed by atoms with Gasteiger partial charge >= 0.3 is 6.18 Å². The molecule has 0 spiro atoms. The van der Waals surface area contributed by atoms with Gasteiger partial charge in [0, 0.05) is 74.2 Å². The monoisotopic (exact) mass is 579 g/mol. The van der Waals surface area contributed by atoms with Crippen LogP contribution in [-0.2, 0) is 0 Å². The lowest BCUT2D eigenvalue weighted by molar-refractivity contribution is -0.147. The van der Waals surface area contributed by atoms with E-state index in [0.29, 0.717) is 61.1 Å². The smallest absolute Gasteiger partial charge is 0.369 e. The van der Waals surface area contributed by atoms with Crippen LogP contribution in [0.3, 0.4) is 0 Å². The largest absolute Gasteiger partial charge is 0.401 e. The minimum Gasteiger partial charge on any atom is -0.369 e. The Morgan fingerprint density at radius 3 is 2.55 bits per heavy atom. The maximum Gasteiger partial charge on any atom is 0.401 e. The quantitative estimate of drug-likeness (QED) is 0.263. The Balaban J connectivity index is 1.19. The van der Waals surface area contributed by atoms with E-state index < -0.39 is 12.7 Å². The van der Waals surface area contributed by atoms with E-state index in [9.17, 15) is 18.0 Å². The van der Waals surface area contributed by atoms with Crippen LogP contribution < -0.4 is 16.0 Å². The van der Waals surface area contributed by atoms with E-state index in [1.807, 2.05) is 24.3 Å². The molecule has 220 valence electrons. The zero-order valence-electron chi connectivity index (χ0n) is 23.3. The van der Waals surface area contributed by atoms with Gasteiger partial charge in [0.05, 0.1) is 23.3 Å². The lowest BCUT2D eigenvalue weighted by Gasteiger charge is -2.32. The fourth-order valence-corrected chi connectivity index (χ4v) is 5.12. The minimum absolute atomic E-state index is 0.0181. The van der Waals surface area contributed by atoms with Crippen molar-refractivity contribution in [1.82, 2.24) is 35.1 Å². The molecule has 5 rings (SSSR count). The number of hydrogen-bond acceptors (Lipinski definition) is 9. The molecule has 1 aliphatic heterocycles. The van der Waals surface area contributed by atoms with Crippen molar-refractivity contribution in [3.05, 3.63) is 66.4 Å². The van der Waals surface area contributed by atoms with Gasteiger partial charge in [0.15, 0.2) is 0 Å². The number of halogens is 3. The highest BCUT2D eigenvalue weighted by molar-refractivity contribution is 6.06. The van der Waals surface area contributed by atoms with E-state index in [2.05, 4.69) is 47.8 Å². The van der Waals surface area contributed by atoms with Crippen LogP contribution >= 0.6 is 0 Å². The first-order valence-corrected chi connectivity index (χ1v) is 13.7. The SMILES string of the molecule is CNC(=O)c1ccnc2c([C@H](C)CNc3cc(-c4cnc(NC5CCN(CC(F)(F)F)CC5)nc4)ncn3)cccc12. The van der Waals surface area contributed by atoms with Crippen molar-refractivity contribution >= 4 is 28.6 Å². The van der Waals surface area contributed by atoms with Crippen molar-refractivity contribution in [2.24, 2.45) is 0 Å². The number of benzene rings is 1. The van der Waals surface area contributed by atoms with Gasteiger partial charge in [-0.05, 0) is 24.5 Å². The number of carbonyl (C=O) groups is 1. The number of pyridine rings is 1. The van der Waals surface area contributed by atoms with Crippen molar-refractivity contribution in [3.8, 4) is 11.3 Å². The molecule has 0 saturated carbocycles. The van der Waals surface area contributed by atoms with Gasteiger partial charge in [-0.15, -0.1) is 0 Å². The molecular weight excluding hydrogens is 547 g/mol. The number of nitrogens with one attached hydrogen (secondary N) is 3. The summed E-state index contributed by atoms with van der Waals surface area (Å²) < 4.78 is 37.9. The number of para-hydroxylation sites is 1. The number of aromatic nitrogens is 5. The molecule has 1 aromatic carbocycles. The molecule has 3 aromatic heterocycles. The molecule has 4 heterocycles. The van der Waals surface area contributed by atoms with Gasteiger partial charge in [-0.1, -0.05) is 25.1 Å². The standard InChI is InChI=1S/C29H32F3N9O/c1-18(21-4-3-5-22-23(27(42)33-2)6-9-34-26(21)22)13-35-25-12-24(38-17-39-25)19-14-36-28(37-15-19)40-20-7-10-41(11-8-20)16-29(30,31)32/h3-6,9,12,14-15,17-18,20H,7-8,10-11,13,16H2,1-2H3,(H,33,42)(H,35,38,39)(H,36,37,40)/t18-/m1/s1. The lowest BCUT2D eigenvalue weighted by Crippen LogP contribution is -2.43. The number of amides is 1. The molecule has 10 nitrogen and oxygen atoms in total. The molecule has 42 heavy (non-hydrogen) atoms. The summed E-state index contributed by atoms with van der Waals surface area (Å²) in [4.78, 5) is 35.8. The fourth-order valence-electron chi connectivity index (χ4n) is 5.12. The summed E-state index contributed by atoms with van der Waals surface area (Å²) in [5.41, 5.74) is 3.74. The second-order valence-corrected chi connectivity index (χ2v) is 10.4. The molecule has 1 fully saturated rings. The van der Waals surface area contributed by atoms with Crippen molar-refractivity contribution in [3.63, 3.8) is 0 Å². The summed E-state index contributed by atoms with van der Waals surface area (Å²) in [5, 5.41) is 10.1. The Kier molecular flexibility index (Phi) is 8.76. The third kappa shape index (κ3) is 7.08. The molecule has 0 radical (unpaired) electrons. The highest BCUT2D eigenvalue weighted by Crippen LogP contribution is 2.27. The van der Waals surface area contributed by atoms with Crippen LogP contribution in [0.1, 0.15) is 41.6 Å². The Bertz CT molecular complexity index is 1520. The highest BCUT2D eigenvalue weighted by Gasteiger charge is 2.32. The fraction of sp³-hybridized carbons (Fsp3) is 0.379. The summed E-state index contributed by atoms with van der Waals surface area (Å²) in [6.45, 7) is 2.53. The minimum atomic E-state index is -4.18. The summed E-state index contributed by atoms with van der Waals surface area (Å²) in [6.07, 6.45) is 3.44. The number of hydrogen-bond donors (Lipinski definition) is 3. The predicted octanol–water partition coefficient (Wildman–Crippen LogP) is 4.50. The maximum atomic E-state index is 12.6. The summed E-state index contributed by atoms with van der Waals surface area (Å²) in [7, 11) is 1.61. The summed E-state index contributed by atoms with van der Waals surface area (Å²) in [6, 6.07) is 9.40. The average molecular weight is 580 g/mol. The van der Waals surface area contributed by atoms with E-state index in [0.717, 1.165) is 16.5 Å². The average Bonchev–Trinajstić information content (AvgIpc) is 2.99. The molecular formula is C29H32F3N9O. The van der Waals surface area contributed by atoms with Gasteiger partial charge < -0.3 is 16.0 Å². The molecule has 1 amide bonds. The second-order valence-electron chi connectivity index (χ2n) is 10.4. The van der Waals surface area contributed by atoms with Crippen molar-refractivity contribution in [2.75, 3.05) is 43.9 Å². The van der Waals surface area contributed by atoms with Crippen LogP contribution in [0.5, 0.6) is 0 Å². The number of likely N-dealkylation sites (tertiary alicyclic amines) is 1. The van der Waals surface area contributed by atoms with E-state index in [1.54, 1.807) is 31.7 Å². The third-order valence-corrected chi connectivity index (χ3v) is 7.33. The lowest BCUT2D eigenvalue weighted by atomic mass is 9.96. The zero-order chi connectivity index (χ0) is 29.7. The number of anilines is 2. The first kappa shape index (κ1) is 29.1. The predicted molar refractivity (Wildman–Crippen MR) is 154 cm³/mol. The number of rotatable bonds is 9. The second kappa shape index (κ2) is 12.6. The Hall–Kier alpha value is -4.39. The van der Waals surface area contributed by atoms with E-state index in [1.165, 1.54) is 11.2 Å². The number of alkyl halides is 3. The molecule has 1 atom stereocenters. The molecule has 13 heteroatoms. The number of carbonyl (C=O) groups excluding carboxylic acids is 1. The Morgan fingerprint density at radius 2 is 1.83 bits per heavy atom. The molecule has 0 bridgehead atoms. The van der Waals surface area contributed by atoms with Crippen molar-refractivity contribution in [1.29, 1.82) is 0 Å². The van der Waals surface area contributed by atoms with Gasteiger partial charge in [0.25, 0.3) is 5.91 Å². The normalized spacial score (nSPS) is 15.4. The van der Waals surface area contributed by atoms with Crippen LogP contribution in [0.2, 0.25) is 0 Å². The maximum absolute atomic E-state index is 12.6. The van der Waals surface area contributed by atoms with Crippen LogP contribution in [0, 0.1) is 0 Å². The molecule has 1 saturated heterocycles. The number of nitrogens with zero attached hydrogens (tertiary/aromatic N) is 6. The number of fused-ring (bicyclic) bond motifs is 1. The van der Waals surface area contributed by atoms with Gasteiger partial charge in [-0.3, -0.25) is 14.7 Å². The van der Waals surface area contributed by atoms with E-state index in [-0.39, 0.29) is 17.9 Å². The molecule has 0 aliphatic carbocycles. The van der Waals surface area contributed by atoms with Crippen LogP contribution in [0.25, 0.3) is 22.2 Å². The van der Waals surface area contributed by atoms with Gasteiger partial charge in [-0.2, -0.15) is 13.2 Å². The summed E-state index contributed by atoms with van der Waals surface area (Å²) >= 11 is 0. The van der Waals surface area contributed by atoms with E-state index in [4.69, 9.17) is 0 Å². The Labute approximate surface area is 241 Å². The summed E-state index contributed by atoms with van der Waals surface area (Å²) in [5.74, 6) is 0.974.